The first-order valence-corrected chi connectivity index (χ1v) is 2.35. The van der Waals surface area contributed by atoms with E-state index in [2.05, 4.69) is 9.78 Å². The van der Waals surface area contributed by atoms with E-state index in [4.69, 9.17) is 0 Å². The topological polar surface area (TPSA) is 18.5 Å². The van der Waals surface area contributed by atoms with E-state index in [1.807, 2.05) is 0 Å². The molecule has 7 heteroatoms. The molecular weight excluding hydrogens is 175 g/mol. The molecule has 0 aromatic heterocycles. The number of halogens is 5. The van der Waals surface area contributed by atoms with Crippen molar-refractivity contribution in [3.8, 4) is 0 Å². The molecule has 0 spiro atoms. The van der Waals surface area contributed by atoms with Gasteiger partial charge in [0.2, 0.25) is 0 Å². The maximum atomic E-state index is 11.8. The van der Waals surface area contributed by atoms with Gasteiger partial charge in [-0.1, -0.05) is 0 Å². The lowest BCUT2D eigenvalue weighted by Gasteiger charge is -2.03. The Hall–Kier alpha value is -0.850. The van der Waals surface area contributed by atoms with Crippen molar-refractivity contribution in [1.82, 2.24) is 0 Å². The van der Waals surface area contributed by atoms with Gasteiger partial charge in [0.05, 0.1) is 6.08 Å². The Balaban J connectivity index is 2.79. The zero-order valence-corrected chi connectivity index (χ0v) is 4.78. The smallest absolute Gasteiger partial charge is 0.326 e. The molecular formula is C4HF5O2. The van der Waals surface area contributed by atoms with Crippen LogP contribution in [-0.2, 0) is 9.78 Å². The van der Waals surface area contributed by atoms with Crippen molar-refractivity contribution in [2.45, 2.75) is 12.3 Å². The second-order valence-electron chi connectivity index (χ2n) is 1.73. The molecule has 0 unspecified atom stereocenters. The molecule has 1 aliphatic heterocycles. The first-order valence-electron chi connectivity index (χ1n) is 2.35. The second kappa shape index (κ2) is 2.07. The van der Waals surface area contributed by atoms with Crippen molar-refractivity contribution >= 4 is 0 Å². The van der Waals surface area contributed by atoms with Gasteiger partial charge in [-0.15, -0.1) is 4.89 Å². The summed E-state index contributed by atoms with van der Waals surface area (Å²) in [6.07, 6.45) is -9.35. The zero-order chi connectivity index (χ0) is 8.70. The molecule has 1 rings (SSSR count). The van der Waals surface area contributed by atoms with Crippen LogP contribution in [0.4, 0.5) is 22.0 Å². The average molecular weight is 176 g/mol. The van der Waals surface area contributed by atoms with Gasteiger partial charge in [0.1, 0.15) is 0 Å². The van der Waals surface area contributed by atoms with Crippen molar-refractivity contribution in [1.29, 1.82) is 0 Å². The van der Waals surface area contributed by atoms with Crippen molar-refractivity contribution in [3.05, 3.63) is 11.8 Å². The molecule has 1 heterocycles. The Labute approximate surface area is 57.1 Å². The van der Waals surface area contributed by atoms with Crippen LogP contribution < -0.4 is 0 Å². The summed E-state index contributed by atoms with van der Waals surface area (Å²) in [6.45, 7) is 0. The largest absolute Gasteiger partial charge is 0.453 e. The molecule has 1 aliphatic rings. The Morgan fingerprint density at radius 1 is 1.27 bits per heavy atom. The molecule has 0 saturated heterocycles. The lowest BCUT2D eigenvalue weighted by atomic mass is 10.4. The molecule has 0 N–H and O–H groups in total. The van der Waals surface area contributed by atoms with Crippen molar-refractivity contribution in [3.63, 3.8) is 0 Å². The molecule has 0 fully saturated rings. The summed E-state index contributed by atoms with van der Waals surface area (Å²) >= 11 is 0. The third kappa shape index (κ3) is 1.79. The summed E-state index contributed by atoms with van der Waals surface area (Å²) in [5.41, 5.74) is 0. The van der Waals surface area contributed by atoms with Gasteiger partial charge in [-0.3, -0.25) is 0 Å². The fourth-order valence-corrected chi connectivity index (χ4v) is 0.430. The number of hydrogen-bond acceptors (Lipinski definition) is 2. The predicted octanol–water partition coefficient (Wildman–Crippen LogP) is 1.99. The van der Waals surface area contributed by atoms with Gasteiger partial charge < -0.3 is 4.89 Å². The summed E-state index contributed by atoms with van der Waals surface area (Å²) in [4.78, 5) is 6.25. The van der Waals surface area contributed by atoms with Gasteiger partial charge in [-0.05, 0) is 0 Å². The number of alkyl halides is 5. The minimum atomic E-state index is -4.93. The van der Waals surface area contributed by atoms with E-state index < -0.39 is 24.1 Å². The molecule has 0 radical (unpaired) electrons. The number of allylic oxidation sites excluding steroid dienone is 1. The molecule has 64 valence electrons. The van der Waals surface area contributed by atoms with Crippen LogP contribution in [0.5, 0.6) is 0 Å². The quantitative estimate of drug-likeness (QED) is 0.415. The maximum Gasteiger partial charge on any atom is 0.453 e. The van der Waals surface area contributed by atoms with E-state index in [1.54, 1.807) is 0 Å². The Morgan fingerprint density at radius 3 is 2.00 bits per heavy atom. The van der Waals surface area contributed by atoms with Crippen LogP contribution in [0.15, 0.2) is 11.8 Å². The van der Waals surface area contributed by atoms with Crippen LogP contribution in [0.1, 0.15) is 0 Å². The van der Waals surface area contributed by atoms with E-state index in [0.717, 1.165) is 0 Å². The molecule has 11 heavy (non-hydrogen) atoms. The van der Waals surface area contributed by atoms with E-state index in [0.29, 0.717) is 0 Å². The van der Waals surface area contributed by atoms with E-state index in [1.165, 1.54) is 0 Å². The molecule has 0 amide bonds. The van der Waals surface area contributed by atoms with Gasteiger partial charge >= 0.3 is 12.3 Å². The summed E-state index contributed by atoms with van der Waals surface area (Å²) in [5.74, 6) is -1.83. The average Bonchev–Trinajstić information content (AvgIpc) is 2.07. The second-order valence-corrected chi connectivity index (χ2v) is 1.73. The highest BCUT2D eigenvalue weighted by Gasteiger charge is 2.48. The predicted molar refractivity (Wildman–Crippen MR) is 21.3 cm³/mol. The maximum absolute atomic E-state index is 11.8. The van der Waals surface area contributed by atoms with Crippen LogP contribution in [0.25, 0.3) is 0 Å². The van der Waals surface area contributed by atoms with Crippen molar-refractivity contribution in [2.75, 3.05) is 0 Å². The van der Waals surface area contributed by atoms with E-state index in [9.17, 15) is 22.0 Å². The Bertz CT molecular complexity index is 193. The SMILES string of the molecule is FC1(F)C=C(C(F)(F)F)OO1. The highest BCUT2D eigenvalue weighted by Crippen LogP contribution is 2.36. The minimum absolute atomic E-state index is 0.437. The summed E-state index contributed by atoms with van der Waals surface area (Å²) < 4.78 is 58.1. The minimum Gasteiger partial charge on any atom is -0.326 e. The fourth-order valence-electron chi connectivity index (χ4n) is 0.430. The molecule has 0 aliphatic carbocycles. The third-order valence-electron chi connectivity index (χ3n) is 0.821. The molecule has 0 aromatic carbocycles. The monoisotopic (exact) mass is 176 g/mol. The van der Waals surface area contributed by atoms with Gasteiger partial charge in [0, 0.05) is 0 Å². The Morgan fingerprint density at radius 2 is 1.82 bits per heavy atom. The Kier molecular flexibility index (Phi) is 1.55. The van der Waals surface area contributed by atoms with Crippen LogP contribution in [-0.4, -0.2) is 12.3 Å². The summed E-state index contributed by atoms with van der Waals surface area (Å²) in [7, 11) is 0. The highest BCUT2D eigenvalue weighted by molar-refractivity contribution is 5.06. The van der Waals surface area contributed by atoms with E-state index in [-0.39, 0.29) is 0 Å². The zero-order valence-electron chi connectivity index (χ0n) is 4.78. The van der Waals surface area contributed by atoms with Crippen LogP contribution in [0.2, 0.25) is 0 Å². The van der Waals surface area contributed by atoms with Gasteiger partial charge in [0.25, 0.3) is 5.76 Å². The summed E-state index contributed by atoms with van der Waals surface area (Å²) in [6, 6.07) is 0. The normalized spacial score (nSPS) is 22.8. The lowest BCUT2D eigenvalue weighted by molar-refractivity contribution is -0.389. The third-order valence-corrected chi connectivity index (χ3v) is 0.821. The molecule has 0 saturated carbocycles. The van der Waals surface area contributed by atoms with Crippen molar-refractivity contribution < 1.29 is 31.7 Å². The number of hydrogen-bond donors (Lipinski definition) is 0. The molecule has 2 nitrogen and oxygen atoms in total. The molecule has 0 atom stereocenters. The van der Waals surface area contributed by atoms with Crippen LogP contribution >= 0.6 is 0 Å². The molecule has 0 aromatic rings. The van der Waals surface area contributed by atoms with Crippen LogP contribution in [0, 0.1) is 0 Å². The van der Waals surface area contributed by atoms with Gasteiger partial charge in [0.15, 0.2) is 0 Å². The number of rotatable bonds is 0. The van der Waals surface area contributed by atoms with Gasteiger partial charge in [-0.25, -0.2) is 0 Å². The molecule has 0 bridgehead atoms. The van der Waals surface area contributed by atoms with E-state index >= 15 is 0 Å². The lowest BCUT2D eigenvalue weighted by Crippen LogP contribution is -2.11. The first-order chi connectivity index (χ1) is 4.81. The fraction of sp³-hybridized carbons (Fsp3) is 0.500. The van der Waals surface area contributed by atoms with Crippen LogP contribution in [0.3, 0.4) is 0 Å². The first kappa shape index (κ1) is 8.25. The van der Waals surface area contributed by atoms with Gasteiger partial charge in [-0.2, -0.15) is 22.0 Å². The van der Waals surface area contributed by atoms with Crippen molar-refractivity contribution in [2.24, 2.45) is 0 Å². The standard InChI is InChI=1S/C4HF5O2/c5-3(6)1-2(10-11-3)4(7,8)9/h1H. The highest BCUT2D eigenvalue weighted by atomic mass is 19.4. The summed E-state index contributed by atoms with van der Waals surface area (Å²) in [5, 5.41) is 0.